The number of carbonyl (C=O) groups excluding carboxylic acids is 1. The van der Waals surface area contributed by atoms with Crippen molar-refractivity contribution in [3.8, 4) is 11.1 Å². The summed E-state index contributed by atoms with van der Waals surface area (Å²) in [5.41, 5.74) is 4.76. The molecule has 1 saturated heterocycles. The van der Waals surface area contributed by atoms with Gasteiger partial charge in [0, 0.05) is 55.6 Å². The van der Waals surface area contributed by atoms with E-state index in [1.807, 2.05) is 12.3 Å². The van der Waals surface area contributed by atoms with Crippen LogP contribution in [-0.4, -0.2) is 54.5 Å². The molecule has 0 amide bonds. The third-order valence-electron chi connectivity index (χ3n) is 5.32. The fourth-order valence-corrected chi connectivity index (χ4v) is 3.79. The molecule has 27 heavy (non-hydrogen) atoms. The van der Waals surface area contributed by atoms with Crippen LogP contribution >= 0.6 is 0 Å². The molecular weight excluding hydrogens is 333 g/mol. The van der Waals surface area contributed by atoms with Gasteiger partial charge in [0.25, 0.3) is 7.41 Å². The molecule has 1 aliphatic heterocycles. The zero-order valence-corrected chi connectivity index (χ0v) is 15.6. The number of fused-ring (bicyclic) bond motifs is 1. The van der Waals surface area contributed by atoms with Gasteiger partial charge in [-0.05, 0) is 29.5 Å². The number of hydrogen-bond donors (Lipinski definition) is 0. The third-order valence-corrected chi connectivity index (χ3v) is 5.32. The monoisotopic (exact) mass is 356 g/mol. The van der Waals surface area contributed by atoms with Gasteiger partial charge < -0.3 is 9.61 Å². The van der Waals surface area contributed by atoms with Crippen LogP contribution in [-0.2, 0) is 11.3 Å². The summed E-state index contributed by atoms with van der Waals surface area (Å²) < 4.78 is 0. The number of rotatable bonds is 5. The van der Waals surface area contributed by atoms with Gasteiger partial charge in [0.2, 0.25) is 0 Å². The van der Waals surface area contributed by atoms with Crippen LogP contribution in [0, 0.1) is 6.92 Å². The molecule has 135 valence electrons. The number of carbonyl (C=O) groups is 1. The zero-order chi connectivity index (χ0) is 18.6. The summed E-state index contributed by atoms with van der Waals surface area (Å²) in [5.74, 6) is 0. The summed E-state index contributed by atoms with van der Waals surface area (Å²) in [6.07, 6.45) is 2.87. The van der Waals surface area contributed by atoms with Crippen LogP contribution in [0.4, 0.5) is 0 Å². The number of aryl methyl sites for hydroxylation is 1. The van der Waals surface area contributed by atoms with Gasteiger partial charge >= 0.3 is 0 Å². The Bertz CT molecular complexity index is 937. The fraction of sp³-hybridized carbons (Fsp3) is 0.273. The highest BCUT2D eigenvalue weighted by Crippen LogP contribution is 2.30. The van der Waals surface area contributed by atoms with Crippen LogP contribution in [0.15, 0.2) is 54.7 Å². The van der Waals surface area contributed by atoms with E-state index in [0.29, 0.717) is 0 Å². The quantitative estimate of drug-likeness (QED) is 0.520. The molecule has 2 heterocycles. The predicted molar refractivity (Wildman–Crippen MR) is 111 cm³/mol. The smallest absolute Gasteiger partial charge is 0.293 e. The second kappa shape index (κ2) is 8.03. The first-order valence-corrected chi connectivity index (χ1v) is 9.43. The number of nitrogens with zero attached hydrogens (tertiary/aromatic N) is 3. The molecule has 0 saturated carbocycles. The minimum absolute atomic E-state index is 0.875. The normalized spacial score (nSPS) is 15.7. The van der Waals surface area contributed by atoms with E-state index in [-0.39, 0.29) is 0 Å². The number of piperazine rings is 1. The summed E-state index contributed by atoms with van der Waals surface area (Å²) in [4.78, 5) is 19.8. The lowest BCUT2D eigenvalue weighted by Crippen LogP contribution is -2.47. The summed E-state index contributed by atoms with van der Waals surface area (Å²) in [6.45, 7) is 6.77. The molecule has 1 aromatic heterocycles. The molecule has 0 bridgehead atoms. The molecule has 0 unspecified atom stereocenters. The third kappa shape index (κ3) is 3.94. The molecule has 4 nitrogen and oxygen atoms in total. The van der Waals surface area contributed by atoms with Crippen molar-refractivity contribution in [1.82, 2.24) is 14.7 Å². The predicted octanol–water partition coefficient (Wildman–Crippen LogP) is 3.14. The highest BCUT2D eigenvalue weighted by atomic mass is 16.1. The van der Waals surface area contributed by atoms with Gasteiger partial charge in [-0.3, -0.25) is 9.88 Å². The minimum Gasteiger partial charge on any atom is -0.338 e. The fourth-order valence-electron chi connectivity index (χ4n) is 3.79. The van der Waals surface area contributed by atoms with E-state index in [1.54, 1.807) is 7.41 Å². The van der Waals surface area contributed by atoms with Gasteiger partial charge in [0.15, 0.2) is 0 Å². The average Bonchev–Trinajstić information content (AvgIpc) is 2.71. The Labute approximate surface area is 161 Å². The Morgan fingerprint density at radius 3 is 2.56 bits per heavy atom. The number of benzene rings is 2. The molecule has 4 rings (SSSR count). The van der Waals surface area contributed by atoms with Crippen LogP contribution in [0.2, 0.25) is 0 Å². The molecule has 2 aromatic carbocycles. The van der Waals surface area contributed by atoms with Crippen molar-refractivity contribution >= 4 is 24.4 Å². The van der Waals surface area contributed by atoms with Crippen molar-refractivity contribution in [3.05, 3.63) is 66.0 Å². The lowest BCUT2D eigenvalue weighted by molar-refractivity contribution is 0.183. The van der Waals surface area contributed by atoms with Crippen molar-refractivity contribution in [2.45, 2.75) is 13.5 Å². The van der Waals surface area contributed by atoms with Crippen molar-refractivity contribution < 1.29 is 4.79 Å². The standard InChI is InChI=1S/C22H23BN3O/c1-17-20-8-7-18(15-25-9-11-26(12-10-25)23-16-27)13-21(20)22(14-24-17)19-5-3-2-4-6-19/h2-8,13-14,16H,9-12,15H2,1H3. The first-order valence-electron chi connectivity index (χ1n) is 9.43. The van der Waals surface area contributed by atoms with Crippen LogP contribution in [0.5, 0.6) is 0 Å². The van der Waals surface area contributed by atoms with Gasteiger partial charge in [0.1, 0.15) is 0 Å². The van der Waals surface area contributed by atoms with E-state index in [0.717, 1.165) is 44.6 Å². The lowest BCUT2D eigenvalue weighted by atomic mass is 9.93. The number of pyridine rings is 1. The first-order chi connectivity index (χ1) is 13.2. The Kier molecular flexibility index (Phi) is 5.32. The summed E-state index contributed by atoms with van der Waals surface area (Å²) in [5, 5.41) is 2.48. The van der Waals surface area contributed by atoms with Crippen LogP contribution in [0.1, 0.15) is 11.3 Å². The van der Waals surface area contributed by atoms with Crippen LogP contribution < -0.4 is 0 Å². The van der Waals surface area contributed by atoms with Crippen molar-refractivity contribution in [2.24, 2.45) is 0 Å². The SMILES string of the molecule is Cc1ncc(-c2ccccc2)c2cc(CN3CCN([B]C=O)CC3)ccc12. The van der Waals surface area contributed by atoms with E-state index in [9.17, 15) is 4.79 Å². The zero-order valence-electron chi connectivity index (χ0n) is 15.6. The second-order valence-corrected chi connectivity index (χ2v) is 7.10. The first kappa shape index (κ1) is 17.9. The molecular formula is C22H23BN3O. The van der Waals surface area contributed by atoms with E-state index in [4.69, 9.17) is 0 Å². The molecule has 0 spiro atoms. The molecule has 0 N–H and O–H groups in total. The Morgan fingerprint density at radius 1 is 1.04 bits per heavy atom. The summed E-state index contributed by atoms with van der Waals surface area (Å²) in [6, 6.07) is 17.2. The minimum atomic E-state index is 0.875. The van der Waals surface area contributed by atoms with E-state index in [1.165, 1.54) is 27.5 Å². The maximum atomic E-state index is 10.6. The van der Waals surface area contributed by atoms with Crippen LogP contribution in [0.25, 0.3) is 21.9 Å². The summed E-state index contributed by atoms with van der Waals surface area (Å²) in [7, 11) is 1.65. The maximum absolute atomic E-state index is 10.6. The number of aromatic nitrogens is 1. The van der Waals surface area contributed by atoms with Crippen molar-refractivity contribution in [1.29, 1.82) is 0 Å². The Hall–Kier alpha value is -2.50. The van der Waals surface area contributed by atoms with E-state index < -0.39 is 0 Å². The number of hydrogen-bond acceptors (Lipinski definition) is 4. The van der Waals surface area contributed by atoms with Gasteiger partial charge in [-0.1, -0.05) is 42.5 Å². The largest absolute Gasteiger partial charge is 0.338 e. The summed E-state index contributed by atoms with van der Waals surface area (Å²) >= 11 is 0. The van der Waals surface area contributed by atoms with E-state index >= 15 is 0 Å². The van der Waals surface area contributed by atoms with Gasteiger partial charge in [-0.2, -0.15) is 0 Å². The highest BCUT2D eigenvalue weighted by molar-refractivity contribution is 6.64. The topological polar surface area (TPSA) is 36.4 Å². The van der Waals surface area contributed by atoms with Crippen molar-refractivity contribution in [3.63, 3.8) is 0 Å². The molecule has 1 radical (unpaired) electrons. The van der Waals surface area contributed by atoms with Gasteiger partial charge in [0.05, 0.1) is 6.19 Å². The maximum Gasteiger partial charge on any atom is 0.293 e. The Balaban J connectivity index is 1.61. The Morgan fingerprint density at radius 2 is 1.81 bits per heavy atom. The van der Waals surface area contributed by atoms with Gasteiger partial charge in [-0.15, -0.1) is 0 Å². The lowest BCUT2D eigenvalue weighted by Gasteiger charge is -2.33. The molecule has 1 aliphatic rings. The highest BCUT2D eigenvalue weighted by Gasteiger charge is 2.17. The van der Waals surface area contributed by atoms with E-state index in [2.05, 4.69) is 64.1 Å². The molecule has 0 atom stereocenters. The molecule has 0 aliphatic carbocycles. The average molecular weight is 356 g/mol. The van der Waals surface area contributed by atoms with Crippen LogP contribution in [0.3, 0.4) is 0 Å². The van der Waals surface area contributed by atoms with Crippen molar-refractivity contribution in [2.75, 3.05) is 26.2 Å². The van der Waals surface area contributed by atoms with Gasteiger partial charge in [-0.25, -0.2) is 0 Å². The molecule has 3 aromatic rings. The second-order valence-electron chi connectivity index (χ2n) is 7.10. The molecule has 1 fully saturated rings. The molecule has 5 heteroatoms.